The van der Waals surface area contributed by atoms with Gasteiger partial charge in [-0.3, -0.25) is 14.5 Å². The van der Waals surface area contributed by atoms with Crippen LogP contribution in [0.2, 0.25) is 0 Å². The first-order valence-corrected chi connectivity index (χ1v) is 9.08. The number of aliphatic hydroxyl groups is 1. The van der Waals surface area contributed by atoms with E-state index >= 15 is 0 Å². The Bertz CT molecular complexity index is 583. The highest BCUT2D eigenvalue weighted by molar-refractivity contribution is 8.04. The van der Waals surface area contributed by atoms with Gasteiger partial charge in [0.2, 0.25) is 0 Å². The Labute approximate surface area is 141 Å². The van der Waals surface area contributed by atoms with Gasteiger partial charge in [0.1, 0.15) is 0 Å². The molecule has 0 spiro atoms. The van der Waals surface area contributed by atoms with Crippen LogP contribution in [0.15, 0.2) is 35.2 Å². The van der Waals surface area contributed by atoms with Crippen LogP contribution in [-0.2, 0) is 9.59 Å². The van der Waals surface area contributed by atoms with E-state index in [1.165, 1.54) is 16.7 Å². The fourth-order valence-corrected chi connectivity index (χ4v) is 3.47. The van der Waals surface area contributed by atoms with E-state index < -0.39 is 0 Å². The summed E-state index contributed by atoms with van der Waals surface area (Å²) in [4.78, 5) is 27.2. The summed E-state index contributed by atoms with van der Waals surface area (Å²) in [5.41, 5.74) is 1.24. The van der Waals surface area contributed by atoms with E-state index in [0.29, 0.717) is 22.8 Å². The topological polar surface area (TPSA) is 57.6 Å². The maximum absolute atomic E-state index is 12.7. The number of rotatable bonds is 9. The number of carbonyl (C=O) groups is 2. The third kappa shape index (κ3) is 4.24. The highest BCUT2D eigenvalue weighted by Gasteiger charge is 2.38. The lowest BCUT2D eigenvalue weighted by atomic mass is 10.1. The number of aliphatic hydroxyl groups excluding tert-OH is 1. The van der Waals surface area contributed by atoms with Gasteiger partial charge >= 0.3 is 0 Å². The van der Waals surface area contributed by atoms with Crippen LogP contribution in [0, 0.1) is 0 Å². The Balaban J connectivity index is 2.21. The Morgan fingerprint density at radius 2 is 1.78 bits per heavy atom. The second-order valence-corrected chi connectivity index (χ2v) is 6.57. The first-order valence-electron chi connectivity index (χ1n) is 8.10. The van der Waals surface area contributed by atoms with E-state index in [9.17, 15) is 9.59 Å². The smallest absolute Gasteiger partial charge is 0.267 e. The fraction of sp³-hybridized carbons (Fsp3) is 0.444. The van der Waals surface area contributed by atoms with Crippen molar-refractivity contribution in [1.29, 1.82) is 0 Å². The second kappa shape index (κ2) is 8.89. The highest BCUT2D eigenvalue weighted by Crippen LogP contribution is 2.35. The van der Waals surface area contributed by atoms with Crippen LogP contribution in [0.1, 0.15) is 38.2 Å². The minimum Gasteiger partial charge on any atom is -0.396 e. The van der Waals surface area contributed by atoms with Gasteiger partial charge in [-0.25, -0.2) is 0 Å². The summed E-state index contributed by atoms with van der Waals surface area (Å²) in [7, 11) is 0. The molecule has 1 heterocycles. The number of hydrogen-bond acceptors (Lipinski definition) is 4. The molecule has 2 amide bonds. The largest absolute Gasteiger partial charge is 0.396 e. The minimum absolute atomic E-state index is 0.0196. The normalized spacial score (nSPS) is 15.0. The Hall–Kier alpha value is -1.59. The van der Waals surface area contributed by atoms with E-state index in [0.717, 1.165) is 31.2 Å². The molecule has 0 aliphatic carbocycles. The summed E-state index contributed by atoms with van der Waals surface area (Å²) >= 11 is 1.26. The van der Waals surface area contributed by atoms with Crippen molar-refractivity contribution in [2.75, 3.05) is 18.9 Å². The van der Waals surface area contributed by atoms with Crippen molar-refractivity contribution in [3.63, 3.8) is 0 Å². The lowest BCUT2D eigenvalue weighted by molar-refractivity contribution is -0.136. The molecule has 0 saturated heterocycles. The van der Waals surface area contributed by atoms with Crippen molar-refractivity contribution in [1.82, 2.24) is 4.90 Å². The molecule has 1 aromatic carbocycles. The maximum atomic E-state index is 12.7. The summed E-state index contributed by atoms with van der Waals surface area (Å²) in [6.45, 7) is 2.58. The van der Waals surface area contributed by atoms with Crippen LogP contribution in [0.25, 0.3) is 5.57 Å². The molecule has 1 aliphatic rings. The standard InChI is InChI=1S/C18H23NO3S/c1-2-3-4-8-11-19-17(21)15(14-9-6-5-7-10-14)16(18(19)22)23-13-12-20/h5-7,9-10,20H,2-4,8,11-13H2,1H3. The van der Waals surface area contributed by atoms with Gasteiger partial charge in [-0.05, 0) is 12.0 Å². The Morgan fingerprint density at radius 3 is 2.43 bits per heavy atom. The molecule has 0 atom stereocenters. The molecule has 0 saturated carbocycles. The zero-order chi connectivity index (χ0) is 16.7. The van der Waals surface area contributed by atoms with E-state index in [2.05, 4.69) is 6.92 Å². The van der Waals surface area contributed by atoms with E-state index in [-0.39, 0.29) is 18.4 Å². The second-order valence-electron chi connectivity index (χ2n) is 5.46. The third-order valence-electron chi connectivity index (χ3n) is 3.76. The van der Waals surface area contributed by atoms with Gasteiger partial charge in [0, 0.05) is 12.3 Å². The molecule has 124 valence electrons. The fourth-order valence-electron chi connectivity index (χ4n) is 2.59. The number of amides is 2. The monoisotopic (exact) mass is 333 g/mol. The van der Waals surface area contributed by atoms with Crippen molar-refractivity contribution in [3.05, 3.63) is 40.8 Å². The molecule has 0 fully saturated rings. The number of imide groups is 1. The van der Waals surface area contributed by atoms with Crippen LogP contribution in [0.3, 0.4) is 0 Å². The number of nitrogens with zero attached hydrogens (tertiary/aromatic N) is 1. The predicted octanol–water partition coefficient (Wildman–Crippen LogP) is 3.07. The predicted molar refractivity (Wildman–Crippen MR) is 93.8 cm³/mol. The van der Waals surface area contributed by atoms with E-state index in [4.69, 9.17) is 5.11 Å². The van der Waals surface area contributed by atoms with Crippen molar-refractivity contribution in [2.24, 2.45) is 0 Å². The van der Waals surface area contributed by atoms with Gasteiger partial charge in [0.25, 0.3) is 11.8 Å². The summed E-state index contributed by atoms with van der Waals surface area (Å²) in [6, 6.07) is 9.30. The molecule has 2 rings (SSSR count). The summed E-state index contributed by atoms with van der Waals surface area (Å²) in [5, 5.41) is 9.05. The number of thioether (sulfide) groups is 1. The summed E-state index contributed by atoms with van der Waals surface area (Å²) < 4.78 is 0. The zero-order valence-corrected chi connectivity index (χ0v) is 14.3. The van der Waals surface area contributed by atoms with Gasteiger partial charge in [-0.15, -0.1) is 11.8 Å². The number of benzene rings is 1. The molecular formula is C18H23NO3S. The average molecular weight is 333 g/mol. The van der Waals surface area contributed by atoms with Crippen LogP contribution in [-0.4, -0.2) is 40.7 Å². The van der Waals surface area contributed by atoms with Crippen LogP contribution >= 0.6 is 11.8 Å². The maximum Gasteiger partial charge on any atom is 0.267 e. The summed E-state index contributed by atoms with van der Waals surface area (Å²) in [6.07, 6.45) is 4.09. The molecule has 1 aliphatic heterocycles. The summed E-state index contributed by atoms with van der Waals surface area (Å²) in [5.74, 6) is -0.0177. The van der Waals surface area contributed by atoms with Crippen molar-refractivity contribution >= 4 is 29.1 Å². The first-order chi connectivity index (χ1) is 11.2. The highest BCUT2D eigenvalue weighted by atomic mass is 32.2. The van der Waals surface area contributed by atoms with Crippen molar-refractivity contribution in [3.8, 4) is 0 Å². The van der Waals surface area contributed by atoms with Gasteiger partial charge in [0.05, 0.1) is 17.1 Å². The van der Waals surface area contributed by atoms with Crippen LogP contribution < -0.4 is 0 Å². The molecule has 0 radical (unpaired) electrons. The van der Waals surface area contributed by atoms with Crippen LogP contribution in [0.4, 0.5) is 0 Å². The molecule has 1 aromatic rings. The van der Waals surface area contributed by atoms with E-state index in [1.54, 1.807) is 0 Å². The average Bonchev–Trinajstić information content (AvgIpc) is 2.81. The molecule has 0 aromatic heterocycles. The van der Waals surface area contributed by atoms with E-state index in [1.807, 2.05) is 30.3 Å². The molecular weight excluding hydrogens is 310 g/mol. The lowest BCUT2D eigenvalue weighted by Gasteiger charge is -2.14. The molecule has 1 N–H and O–H groups in total. The molecule has 23 heavy (non-hydrogen) atoms. The zero-order valence-electron chi connectivity index (χ0n) is 13.5. The number of carbonyl (C=O) groups excluding carboxylic acids is 2. The Morgan fingerprint density at radius 1 is 1.04 bits per heavy atom. The van der Waals surface area contributed by atoms with Gasteiger partial charge in [0.15, 0.2) is 0 Å². The van der Waals surface area contributed by atoms with Gasteiger partial charge < -0.3 is 5.11 Å². The third-order valence-corrected chi connectivity index (χ3v) is 4.82. The van der Waals surface area contributed by atoms with Crippen molar-refractivity contribution in [2.45, 2.75) is 32.6 Å². The Kier molecular flexibility index (Phi) is 6.86. The minimum atomic E-state index is -0.219. The quantitative estimate of drug-likeness (QED) is 0.557. The number of hydrogen-bond donors (Lipinski definition) is 1. The van der Waals surface area contributed by atoms with Gasteiger partial charge in [-0.2, -0.15) is 0 Å². The SMILES string of the molecule is CCCCCCN1C(=O)C(SCCO)=C(c2ccccc2)C1=O. The number of unbranched alkanes of at least 4 members (excludes halogenated alkanes) is 3. The molecule has 5 heteroatoms. The van der Waals surface area contributed by atoms with Gasteiger partial charge in [-0.1, -0.05) is 56.5 Å². The van der Waals surface area contributed by atoms with Crippen LogP contribution in [0.5, 0.6) is 0 Å². The first kappa shape index (κ1) is 17.8. The lowest BCUT2D eigenvalue weighted by Crippen LogP contribution is -2.32. The van der Waals surface area contributed by atoms with Crippen molar-refractivity contribution < 1.29 is 14.7 Å². The molecule has 0 bridgehead atoms. The molecule has 0 unspecified atom stereocenters. The molecule has 4 nitrogen and oxygen atoms in total.